The molecule has 2 amide bonds. The zero-order valence-corrected chi connectivity index (χ0v) is 14.7. The van der Waals surface area contributed by atoms with Crippen molar-refractivity contribution < 1.29 is 14.3 Å². The molecule has 0 heterocycles. The van der Waals surface area contributed by atoms with Crippen molar-refractivity contribution in [2.75, 3.05) is 6.61 Å². The summed E-state index contributed by atoms with van der Waals surface area (Å²) in [7, 11) is 0. The van der Waals surface area contributed by atoms with Gasteiger partial charge < -0.3 is 4.74 Å². The third kappa shape index (κ3) is 4.96. The van der Waals surface area contributed by atoms with Crippen LogP contribution < -0.4 is 15.6 Å². The van der Waals surface area contributed by atoms with E-state index in [0.717, 1.165) is 5.56 Å². The average molecular weight is 389 g/mol. The molecule has 24 heavy (non-hydrogen) atoms. The van der Waals surface area contributed by atoms with Crippen molar-refractivity contribution in [3.8, 4) is 5.75 Å². The van der Waals surface area contributed by atoms with E-state index < -0.39 is 11.8 Å². The van der Waals surface area contributed by atoms with E-state index in [2.05, 4.69) is 26.8 Å². The lowest BCUT2D eigenvalue weighted by molar-refractivity contribution is -0.117. The van der Waals surface area contributed by atoms with Crippen molar-refractivity contribution >= 4 is 33.8 Å². The van der Waals surface area contributed by atoms with Gasteiger partial charge in [0.2, 0.25) is 0 Å². The van der Waals surface area contributed by atoms with Crippen molar-refractivity contribution in [1.82, 2.24) is 10.9 Å². The summed E-state index contributed by atoms with van der Waals surface area (Å²) in [6.45, 7) is 2.43. The molecule has 5 nitrogen and oxygen atoms in total. The van der Waals surface area contributed by atoms with E-state index in [9.17, 15) is 9.59 Å². The van der Waals surface area contributed by atoms with Gasteiger partial charge in [0.05, 0.1) is 12.2 Å². The standard InChI is InChI=1S/C18H17BrN2O3/c1-2-24-16-10-6-3-7-13(16)11-12-17(22)20-21-18(23)14-8-4-5-9-15(14)19/h3-12H,2H2,1H3,(H,20,22)(H,21,23)/b12-11+. The first kappa shape index (κ1) is 17.7. The highest BCUT2D eigenvalue weighted by Gasteiger charge is 2.09. The Balaban J connectivity index is 1.94. The molecule has 0 spiro atoms. The van der Waals surface area contributed by atoms with Crippen LogP contribution in [-0.4, -0.2) is 18.4 Å². The Kier molecular flexibility index (Phi) is 6.57. The lowest BCUT2D eigenvalue weighted by Gasteiger charge is -2.07. The quantitative estimate of drug-likeness (QED) is 0.609. The molecule has 6 heteroatoms. The second kappa shape index (κ2) is 8.88. The predicted molar refractivity (Wildman–Crippen MR) is 96.4 cm³/mol. The smallest absolute Gasteiger partial charge is 0.270 e. The number of ether oxygens (including phenoxy) is 1. The van der Waals surface area contributed by atoms with Gasteiger partial charge in [-0.25, -0.2) is 0 Å². The van der Waals surface area contributed by atoms with Gasteiger partial charge >= 0.3 is 0 Å². The maximum atomic E-state index is 12.0. The number of amides is 2. The van der Waals surface area contributed by atoms with Crippen LogP contribution in [0.15, 0.2) is 59.1 Å². The van der Waals surface area contributed by atoms with Crippen molar-refractivity contribution in [1.29, 1.82) is 0 Å². The molecule has 0 radical (unpaired) electrons. The fourth-order valence-electron chi connectivity index (χ4n) is 1.94. The van der Waals surface area contributed by atoms with Gasteiger partial charge in [0.1, 0.15) is 5.75 Å². The molecule has 0 aromatic heterocycles. The summed E-state index contributed by atoms with van der Waals surface area (Å²) in [4.78, 5) is 23.8. The number of rotatable bonds is 5. The van der Waals surface area contributed by atoms with Crippen LogP contribution in [0.4, 0.5) is 0 Å². The number of carbonyl (C=O) groups is 2. The Morgan fingerprint density at radius 1 is 1.08 bits per heavy atom. The monoisotopic (exact) mass is 388 g/mol. The van der Waals surface area contributed by atoms with E-state index in [4.69, 9.17) is 4.74 Å². The molecule has 2 aromatic carbocycles. The second-order valence-corrected chi connectivity index (χ2v) is 5.58. The Bertz CT molecular complexity index is 759. The van der Waals surface area contributed by atoms with Gasteiger partial charge in [-0.2, -0.15) is 0 Å². The number of hydrogen-bond acceptors (Lipinski definition) is 3. The summed E-state index contributed by atoms with van der Waals surface area (Å²) >= 11 is 3.29. The van der Waals surface area contributed by atoms with Gasteiger partial charge in [0.15, 0.2) is 0 Å². The van der Waals surface area contributed by atoms with Gasteiger partial charge in [0.25, 0.3) is 11.8 Å². The van der Waals surface area contributed by atoms with E-state index in [1.165, 1.54) is 6.08 Å². The second-order valence-electron chi connectivity index (χ2n) is 4.73. The number of carbonyl (C=O) groups excluding carboxylic acids is 2. The number of hydrogen-bond donors (Lipinski definition) is 2. The summed E-state index contributed by atoms with van der Waals surface area (Å²) < 4.78 is 6.13. The SMILES string of the molecule is CCOc1ccccc1/C=C/C(=O)NNC(=O)c1ccccc1Br. The van der Waals surface area contributed by atoms with Crippen LogP contribution in [0.3, 0.4) is 0 Å². The summed E-state index contributed by atoms with van der Waals surface area (Å²) in [5, 5.41) is 0. The van der Waals surface area contributed by atoms with Crippen LogP contribution in [0.1, 0.15) is 22.8 Å². The Hall–Kier alpha value is -2.60. The van der Waals surface area contributed by atoms with E-state index in [0.29, 0.717) is 22.4 Å². The van der Waals surface area contributed by atoms with Crippen LogP contribution in [0.2, 0.25) is 0 Å². The number of benzene rings is 2. The van der Waals surface area contributed by atoms with E-state index in [-0.39, 0.29) is 0 Å². The minimum Gasteiger partial charge on any atom is -0.493 e. The third-order valence-corrected chi connectivity index (χ3v) is 3.74. The van der Waals surface area contributed by atoms with E-state index in [1.807, 2.05) is 31.2 Å². The molecule has 0 unspecified atom stereocenters. The third-order valence-electron chi connectivity index (χ3n) is 3.05. The van der Waals surface area contributed by atoms with Crippen LogP contribution in [0.25, 0.3) is 6.08 Å². The molecule has 0 aliphatic rings. The maximum absolute atomic E-state index is 12.0. The fraction of sp³-hybridized carbons (Fsp3) is 0.111. The summed E-state index contributed by atoms with van der Waals surface area (Å²) in [6.07, 6.45) is 2.96. The van der Waals surface area contributed by atoms with Gasteiger partial charge in [-0.1, -0.05) is 30.3 Å². The molecule has 0 saturated heterocycles. The first-order valence-corrected chi connectivity index (χ1v) is 8.16. The first-order chi connectivity index (χ1) is 11.6. The zero-order valence-electron chi connectivity index (χ0n) is 13.1. The highest BCUT2D eigenvalue weighted by Crippen LogP contribution is 2.19. The van der Waals surface area contributed by atoms with Crippen molar-refractivity contribution in [3.63, 3.8) is 0 Å². The molecular formula is C18H17BrN2O3. The predicted octanol–water partition coefficient (Wildman–Crippen LogP) is 3.32. The van der Waals surface area contributed by atoms with Crippen LogP contribution in [0.5, 0.6) is 5.75 Å². The highest BCUT2D eigenvalue weighted by molar-refractivity contribution is 9.10. The van der Waals surface area contributed by atoms with Crippen molar-refractivity contribution in [2.45, 2.75) is 6.92 Å². The van der Waals surface area contributed by atoms with E-state index in [1.54, 1.807) is 30.3 Å². The molecular weight excluding hydrogens is 372 g/mol. The number of halogens is 1. The van der Waals surface area contributed by atoms with Crippen LogP contribution >= 0.6 is 15.9 Å². The average Bonchev–Trinajstić information content (AvgIpc) is 2.59. The molecule has 0 aliphatic heterocycles. The Labute approximate surface area is 148 Å². The van der Waals surface area contributed by atoms with Crippen LogP contribution in [0, 0.1) is 0 Å². The topological polar surface area (TPSA) is 67.4 Å². The van der Waals surface area contributed by atoms with Gasteiger partial charge in [0, 0.05) is 16.1 Å². The fourth-order valence-corrected chi connectivity index (χ4v) is 2.41. The van der Waals surface area contributed by atoms with Gasteiger partial charge in [-0.3, -0.25) is 20.4 Å². The molecule has 0 saturated carbocycles. The number of nitrogens with one attached hydrogen (secondary N) is 2. The maximum Gasteiger partial charge on any atom is 0.270 e. The minimum atomic E-state index is -0.443. The van der Waals surface area contributed by atoms with Crippen LogP contribution in [-0.2, 0) is 4.79 Å². The van der Waals surface area contributed by atoms with E-state index >= 15 is 0 Å². The molecule has 0 atom stereocenters. The molecule has 2 aromatic rings. The zero-order chi connectivity index (χ0) is 17.4. The Morgan fingerprint density at radius 2 is 1.79 bits per heavy atom. The highest BCUT2D eigenvalue weighted by atomic mass is 79.9. The lowest BCUT2D eigenvalue weighted by atomic mass is 10.2. The first-order valence-electron chi connectivity index (χ1n) is 7.36. The lowest BCUT2D eigenvalue weighted by Crippen LogP contribution is -2.40. The summed E-state index contributed by atoms with van der Waals surface area (Å²) in [6, 6.07) is 14.3. The molecule has 0 bridgehead atoms. The molecule has 0 fully saturated rings. The van der Waals surface area contributed by atoms with Crippen molar-refractivity contribution in [2.24, 2.45) is 0 Å². The molecule has 2 rings (SSSR count). The van der Waals surface area contributed by atoms with Gasteiger partial charge in [-0.15, -0.1) is 0 Å². The normalized spacial score (nSPS) is 10.4. The number of para-hydroxylation sites is 1. The summed E-state index contributed by atoms with van der Waals surface area (Å²) in [5.74, 6) is -0.151. The molecule has 0 aliphatic carbocycles. The Morgan fingerprint density at radius 3 is 2.54 bits per heavy atom. The van der Waals surface area contributed by atoms with Crippen molar-refractivity contribution in [3.05, 3.63) is 70.2 Å². The molecule has 124 valence electrons. The largest absolute Gasteiger partial charge is 0.493 e. The number of hydrazine groups is 1. The van der Waals surface area contributed by atoms with Gasteiger partial charge in [-0.05, 0) is 47.1 Å². The minimum absolute atomic E-state index is 0.404. The summed E-state index contributed by atoms with van der Waals surface area (Å²) in [5.41, 5.74) is 5.93. The molecule has 2 N–H and O–H groups in total.